The highest BCUT2D eigenvalue weighted by Crippen LogP contribution is 2.34. The van der Waals surface area contributed by atoms with Crippen LogP contribution in [-0.2, 0) is 6.18 Å². The summed E-state index contributed by atoms with van der Waals surface area (Å²) in [5.41, 5.74) is 0.677. The van der Waals surface area contributed by atoms with Crippen LogP contribution >= 0.6 is 11.6 Å². The van der Waals surface area contributed by atoms with E-state index in [9.17, 15) is 18.0 Å². The van der Waals surface area contributed by atoms with Crippen molar-refractivity contribution in [1.29, 1.82) is 0 Å². The number of carbonyl (C=O) groups is 1. The van der Waals surface area contributed by atoms with E-state index in [0.29, 0.717) is 43.3 Å². The first-order valence-electron chi connectivity index (χ1n) is 8.91. The Morgan fingerprint density at radius 1 is 1.14 bits per heavy atom. The van der Waals surface area contributed by atoms with Crippen molar-refractivity contribution in [3.05, 3.63) is 52.7 Å². The van der Waals surface area contributed by atoms with Gasteiger partial charge in [0, 0.05) is 13.0 Å². The largest absolute Gasteiger partial charge is 0.424 e. The summed E-state index contributed by atoms with van der Waals surface area (Å²) in [7, 11) is 0. The molecule has 0 saturated carbocycles. The van der Waals surface area contributed by atoms with Crippen molar-refractivity contribution in [2.75, 3.05) is 36.4 Å². The minimum Gasteiger partial charge on any atom is -0.320 e. The number of carbonyl (C=O) groups excluding carboxylic acids is 1. The summed E-state index contributed by atoms with van der Waals surface area (Å²) in [4.78, 5) is 18.6. The van der Waals surface area contributed by atoms with Gasteiger partial charge in [0.05, 0.1) is 30.0 Å². The maximum atomic E-state index is 13.3. The number of para-hydroxylation sites is 1. The van der Waals surface area contributed by atoms with Crippen LogP contribution in [0.15, 0.2) is 36.5 Å². The minimum absolute atomic E-state index is 0.0270. The van der Waals surface area contributed by atoms with Gasteiger partial charge in [-0.2, -0.15) is 13.2 Å². The Balaban J connectivity index is 1.71. The maximum absolute atomic E-state index is 13.3. The molecule has 1 aliphatic heterocycles. The van der Waals surface area contributed by atoms with Crippen molar-refractivity contribution < 1.29 is 22.9 Å². The van der Waals surface area contributed by atoms with E-state index in [1.807, 2.05) is 13.0 Å². The third-order valence-corrected chi connectivity index (χ3v) is 5.01. The molecule has 0 aliphatic carbocycles. The highest BCUT2D eigenvalue weighted by Gasteiger charge is 2.39. The average molecular weight is 414 g/mol. The number of hydrogen-bond acceptors (Lipinski definition) is 2. The smallest absolute Gasteiger partial charge is 0.320 e. The van der Waals surface area contributed by atoms with Gasteiger partial charge in [0.15, 0.2) is 0 Å². The van der Waals surface area contributed by atoms with E-state index in [-0.39, 0.29) is 11.8 Å². The number of H-pyrrole nitrogens is 1. The predicted molar refractivity (Wildman–Crippen MR) is 102 cm³/mol. The molecular weight excluding hydrogens is 393 g/mol. The second kappa shape index (κ2) is 8.26. The van der Waals surface area contributed by atoms with E-state index in [1.165, 1.54) is 12.3 Å². The van der Waals surface area contributed by atoms with Crippen molar-refractivity contribution in [1.82, 2.24) is 4.90 Å². The molecule has 150 valence electrons. The molecule has 3 rings (SSSR count). The number of amides is 2. The normalized spacial score (nSPS) is 15.3. The van der Waals surface area contributed by atoms with Gasteiger partial charge in [-0.25, -0.2) is 9.78 Å². The standard InChI is InChI=1S/C19H20ClF3N4O/c1-13-5-2-7-15(20)16(13)25-18(28)27-10-4-9-26(11-12-27)17-14(19(21,22)23)6-3-8-24-17/h2-3,5-8H,4,9-12H2,1H3,(H,25,28)/p+1. The van der Waals surface area contributed by atoms with Crippen molar-refractivity contribution in [2.45, 2.75) is 19.5 Å². The van der Waals surface area contributed by atoms with Crippen LogP contribution in [-0.4, -0.2) is 37.1 Å². The summed E-state index contributed by atoms with van der Waals surface area (Å²) >= 11 is 6.16. The number of hydrogen-bond donors (Lipinski definition) is 1. The Bertz CT molecular complexity index is 839. The van der Waals surface area contributed by atoms with Crippen LogP contribution in [0.25, 0.3) is 0 Å². The lowest BCUT2D eigenvalue weighted by Gasteiger charge is -2.22. The number of nitrogens with zero attached hydrogens (tertiary/aromatic N) is 2. The molecule has 9 heteroatoms. The highest BCUT2D eigenvalue weighted by atomic mass is 35.5. The van der Waals surface area contributed by atoms with E-state index < -0.39 is 11.7 Å². The first-order valence-corrected chi connectivity index (χ1v) is 9.29. The number of anilines is 2. The molecule has 1 saturated heterocycles. The Labute approximate surface area is 166 Å². The Kier molecular flexibility index (Phi) is 5.98. The van der Waals surface area contributed by atoms with Crippen LogP contribution in [0.4, 0.5) is 29.5 Å². The second-order valence-electron chi connectivity index (χ2n) is 6.62. The summed E-state index contributed by atoms with van der Waals surface area (Å²) in [5.74, 6) is 0.0270. The Hall–Kier alpha value is -2.48. The summed E-state index contributed by atoms with van der Waals surface area (Å²) in [5, 5.41) is 3.26. The van der Waals surface area contributed by atoms with Crippen LogP contribution < -0.4 is 15.2 Å². The van der Waals surface area contributed by atoms with Gasteiger partial charge in [-0.1, -0.05) is 23.7 Å². The maximum Gasteiger partial charge on any atom is 0.424 e. The third kappa shape index (κ3) is 4.49. The fourth-order valence-corrected chi connectivity index (χ4v) is 3.51. The van der Waals surface area contributed by atoms with Crippen molar-refractivity contribution in [3.63, 3.8) is 0 Å². The number of nitrogens with one attached hydrogen (secondary N) is 2. The number of aromatic nitrogens is 1. The Morgan fingerprint density at radius 3 is 2.64 bits per heavy atom. The molecule has 0 atom stereocenters. The molecule has 5 nitrogen and oxygen atoms in total. The molecule has 0 spiro atoms. The number of pyridine rings is 1. The molecule has 1 aromatic heterocycles. The number of aryl methyl sites for hydroxylation is 1. The lowest BCUT2D eigenvalue weighted by molar-refractivity contribution is -0.367. The monoisotopic (exact) mass is 413 g/mol. The van der Waals surface area contributed by atoms with Gasteiger partial charge in [-0.15, -0.1) is 0 Å². The molecule has 2 heterocycles. The van der Waals surface area contributed by atoms with Crippen molar-refractivity contribution in [3.8, 4) is 0 Å². The number of benzene rings is 1. The zero-order chi connectivity index (χ0) is 20.3. The molecule has 28 heavy (non-hydrogen) atoms. The van der Waals surface area contributed by atoms with Crippen LogP contribution in [0.2, 0.25) is 5.02 Å². The van der Waals surface area contributed by atoms with Gasteiger partial charge in [0.2, 0.25) is 0 Å². The lowest BCUT2D eigenvalue weighted by atomic mass is 10.2. The highest BCUT2D eigenvalue weighted by molar-refractivity contribution is 6.33. The summed E-state index contributed by atoms with van der Waals surface area (Å²) < 4.78 is 39.9. The van der Waals surface area contributed by atoms with Gasteiger partial charge in [-0.3, -0.25) is 4.90 Å². The van der Waals surface area contributed by atoms with Gasteiger partial charge >= 0.3 is 12.2 Å². The van der Waals surface area contributed by atoms with Crippen LogP contribution in [0.5, 0.6) is 0 Å². The molecule has 2 N–H and O–H groups in total. The third-order valence-electron chi connectivity index (χ3n) is 4.69. The average Bonchev–Trinajstić information content (AvgIpc) is 2.90. The second-order valence-corrected chi connectivity index (χ2v) is 7.03. The van der Waals surface area contributed by atoms with Gasteiger partial charge < -0.3 is 10.2 Å². The number of urea groups is 1. The van der Waals surface area contributed by atoms with Gasteiger partial charge in [0.1, 0.15) is 12.1 Å². The molecular formula is C19H21ClF3N4O+. The zero-order valence-electron chi connectivity index (χ0n) is 15.3. The van der Waals surface area contributed by atoms with Crippen LogP contribution in [0.1, 0.15) is 17.5 Å². The number of rotatable bonds is 2. The van der Waals surface area contributed by atoms with E-state index >= 15 is 0 Å². The molecule has 1 aliphatic rings. The Morgan fingerprint density at radius 2 is 1.93 bits per heavy atom. The molecule has 2 aromatic rings. The molecule has 1 aromatic carbocycles. The molecule has 0 radical (unpaired) electrons. The van der Waals surface area contributed by atoms with E-state index in [4.69, 9.17) is 11.6 Å². The molecule has 1 fully saturated rings. The van der Waals surface area contributed by atoms with Crippen molar-refractivity contribution in [2.24, 2.45) is 0 Å². The van der Waals surface area contributed by atoms with Crippen molar-refractivity contribution >= 4 is 29.1 Å². The fourth-order valence-electron chi connectivity index (χ4n) is 3.24. The molecule has 0 unspecified atom stereocenters. The fraction of sp³-hybridized carbons (Fsp3) is 0.368. The minimum atomic E-state index is -4.45. The summed E-state index contributed by atoms with van der Waals surface area (Å²) in [6.45, 7) is 3.29. The predicted octanol–water partition coefficient (Wildman–Crippen LogP) is 4.23. The summed E-state index contributed by atoms with van der Waals surface area (Å²) in [6.07, 6.45) is -2.42. The molecule has 2 amide bonds. The lowest BCUT2D eigenvalue weighted by Crippen LogP contribution is -2.39. The van der Waals surface area contributed by atoms with Gasteiger partial charge in [-0.05, 0) is 30.7 Å². The van der Waals surface area contributed by atoms with Gasteiger partial charge in [0.25, 0.3) is 5.82 Å². The first-order chi connectivity index (χ1) is 13.3. The summed E-state index contributed by atoms with van der Waals surface area (Å²) in [6, 6.07) is 7.41. The topological polar surface area (TPSA) is 49.7 Å². The quantitative estimate of drug-likeness (QED) is 0.801. The van der Waals surface area contributed by atoms with Crippen LogP contribution in [0.3, 0.4) is 0 Å². The number of halogens is 4. The zero-order valence-corrected chi connectivity index (χ0v) is 16.1. The molecule has 0 bridgehead atoms. The number of aromatic amines is 1. The van der Waals surface area contributed by atoms with E-state index in [1.54, 1.807) is 21.9 Å². The SMILES string of the molecule is Cc1cccc(Cl)c1NC(=O)N1CCCN(c2[nH+]cccc2C(F)(F)F)CC1. The van der Waals surface area contributed by atoms with Crippen LogP contribution in [0, 0.1) is 6.92 Å². The van der Waals surface area contributed by atoms with E-state index in [2.05, 4.69) is 10.3 Å². The van der Waals surface area contributed by atoms with E-state index in [0.717, 1.165) is 11.6 Å². The first kappa shape index (κ1) is 20.3. The number of alkyl halides is 3.